The van der Waals surface area contributed by atoms with Crippen LogP contribution in [-0.4, -0.2) is 62.8 Å². The first kappa shape index (κ1) is 26.8. The maximum atomic E-state index is 14.1. The Balaban J connectivity index is 1.43. The van der Waals surface area contributed by atoms with E-state index in [2.05, 4.69) is 9.97 Å². The molecule has 2 N–H and O–H groups in total. The van der Waals surface area contributed by atoms with E-state index in [-0.39, 0.29) is 71.1 Å². The number of aryl methyl sites for hydroxylation is 1. The first-order chi connectivity index (χ1) is 18.7. The van der Waals surface area contributed by atoms with E-state index in [9.17, 15) is 31.9 Å². The monoisotopic (exact) mass is 575 g/mol. The van der Waals surface area contributed by atoms with Crippen molar-refractivity contribution in [2.75, 3.05) is 13.1 Å². The van der Waals surface area contributed by atoms with Gasteiger partial charge in [0.15, 0.2) is 0 Å². The number of thiophene rings is 1. The van der Waals surface area contributed by atoms with Crippen LogP contribution >= 0.6 is 11.3 Å². The number of likely N-dealkylation sites (tertiary alicyclic amines) is 2. The molecule has 8 nitrogen and oxygen atoms in total. The lowest BCUT2D eigenvalue weighted by molar-refractivity contribution is -0.144. The molecular formula is C27H25F4N5O3S. The molecule has 13 heteroatoms. The number of piperidine rings is 1. The number of alkyl halides is 4. The summed E-state index contributed by atoms with van der Waals surface area (Å²) in [7, 11) is 0. The van der Waals surface area contributed by atoms with Gasteiger partial charge in [-0.25, -0.2) is 9.37 Å². The summed E-state index contributed by atoms with van der Waals surface area (Å²) in [6.07, 6.45) is -4.83. The molecule has 3 aromatic rings. The van der Waals surface area contributed by atoms with E-state index in [0.717, 1.165) is 17.4 Å². The molecule has 0 radical (unpaired) electrons. The van der Waals surface area contributed by atoms with Crippen LogP contribution in [0.1, 0.15) is 40.3 Å². The molecule has 6 rings (SSSR count). The third-order valence-electron chi connectivity index (χ3n) is 8.22. The van der Waals surface area contributed by atoms with Crippen molar-refractivity contribution in [2.24, 2.45) is 23.0 Å². The highest BCUT2D eigenvalue weighted by Crippen LogP contribution is 2.63. The number of fused-ring (bicyclic) bond motifs is 2. The van der Waals surface area contributed by atoms with E-state index in [0.29, 0.717) is 15.1 Å². The van der Waals surface area contributed by atoms with Crippen molar-refractivity contribution in [1.82, 2.24) is 19.8 Å². The zero-order chi connectivity index (χ0) is 28.9. The second-order valence-corrected chi connectivity index (χ2v) is 12.4. The van der Waals surface area contributed by atoms with Crippen molar-refractivity contribution in [1.29, 1.82) is 0 Å². The van der Waals surface area contributed by atoms with Crippen LogP contribution in [0.3, 0.4) is 0 Å². The van der Waals surface area contributed by atoms with Gasteiger partial charge >= 0.3 is 6.18 Å². The number of halogens is 4. The summed E-state index contributed by atoms with van der Waals surface area (Å²) in [6, 6.07) is 3.05. The Morgan fingerprint density at radius 2 is 1.85 bits per heavy atom. The van der Waals surface area contributed by atoms with Gasteiger partial charge in [-0.2, -0.15) is 13.2 Å². The molecule has 3 aromatic heterocycles. The van der Waals surface area contributed by atoms with Gasteiger partial charge in [-0.05, 0) is 36.1 Å². The Morgan fingerprint density at radius 3 is 2.45 bits per heavy atom. The lowest BCUT2D eigenvalue weighted by Gasteiger charge is -2.21. The summed E-state index contributed by atoms with van der Waals surface area (Å²) in [5.74, 6) is -1.80. The summed E-state index contributed by atoms with van der Waals surface area (Å²) in [5.41, 5.74) is 4.64. The number of aromatic nitrogens is 2. The summed E-state index contributed by atoms with van der Waals surface area (Å²) >= 11 is 1.16. The van der Waals surface area contributed by atoms with Crippen LogP contribution in [0.15, 0.2) is 24.4 Å². The minimum absolute atomic E-state index is 0.0194. The fourth-order valence-corrected chi connectivity index (χ4v) is 7.08. The van der Waals surface area contributed by atoms with Crippen LogP contribution in [-0.2, 0) is 22.3 Å². The molecule has 4 atom stereocenters. The highest BCUT2D eigenvalue weighted by Gasteiger charge is 2.72. The van der Waals surface area contributed by atoms with Crippen LogP contribution in [0.25, 0.3) is 21.5 Å². The topological polar surface area (TPSA) is 109 Å². The van der Waals surface area contributed by atoms with Gasteiger partial charge in [0, 0.05) is 23.2 Å². The molecule has 3 amide bonds. The van der Waals surface area contributed by atoms with Gasteiger partial charge in [-0.1, -0.05) is 13.8 Å². The molecule has 0 spiro atoms. The Hall–Kier alpha value is -3.45. The largest absolute Gasteiger partial charge is 0.433 e. The Labute approximate surface area is 230 Å². The Kier molecular flexibility index (Phi) is 5.87. The number of amides is 3. The number of hydrogen-bond acceptors (Lipinski definition) is 7. The predicted octanol–water partition coefficient (Wildman–Crippen LogP) is 3.95. The number of hydrogen-bond donors (Lipinski definition) is 1. The second kappa shape index (κ2) is 8.77. The van der Waals surface area contributed by atoms with Crippen LogP contribution < -0.4 is 5.73 Å². The molecular weight excluding hydrogens is 550 g/mol. The standard InChI is InChI=1S/C27H25F4N5O3S/c1-11-6-17(27(29,30)31)34-21(18(11)23(37)35-9-14(28)15(32)10-35)13-4-5-33-16-7-12(40-22(13)16)8-36-24(38)19-20(25(36)39)26(19,2)3/h4-7,14-15,19-20H,8-10,32H2,1-3H3. The first-order valence-electron chi connectivity index (χ1n) is 12.7. The van der Waals surface area contributed by atoms with Gasteiger partial charge < -0.3 is 10.6 Å². The highest BCUT2D eigenvalue weighted by molar-refractivity contribution is 7.19. The molecule has 5 heterocycles. The van der Waals surface area contributed by atoms with Gasteiger partial charge in [0.05, 0.1) is 52.4 Å². The fraction of sp³-hybridized carbons (Fsp3) is 0.444. The molecule has 210 valence electrons. The van der Waals surface area contributed by atoms with Gasteiger partial charge in [0.25, 0.3) is 5.91 Å². The van der Waals surface area contributed by atoms with E-state index >= 15 is 0 Å². The number of imide groups is 1. The maximum absolute atomic E-state index is 14.1. The van der Waals surface area contributed by atoms with Crippen molar-refractivity contribution in [2.45, 2.75) is 45.7 Å². The summed E-state index contributed by atoms with van der Waals surface area (Å²) < 4.78 is 56.0. The quantitative estimate of drug-likeness (QED) is 0.373. The normalized spacial score (nSPS) is 25.7. The van der Waals surface area contributed by atoms with Crippen molar-refractivity contribution in [3.05, 3.63) is 46.1 Å². The van der Waals surface area contributed by atoms with Crippen molar-refractivity contribution >= 4 is 39.3 Å². The maximum Gasteiger partial charge on any atom is 0.433 e. The summed E-state index contributed by atoms with van der Waals surface area (Å²) in [5, 5.41) is 0. The molecule has 2 saturated heterocycles. The predicted molar refractivity (Wildman–Crippen MR) is 138 cm³/mol. The van der Waals surface area contributed by atoms with Gasteiger partial charge in [0.1, 0.15) is 11.9 Å². The SMILES string of the molecule is Cc1cc(C(F)(F)F)nc(-c2ccnc3cc(CN4C(=O)C5C(C4=O)C5(C)C)sc23)c1C(=O)N1CC(N)C(F)C1. The molecule has 1 saturated carbocycles. The molecule has 40 heavy (non-hydrogen) atoms. The van der Waals surface area contributed by atoms with Gasteiger partial charge in [-0.3, -0.25) is 24.3 Å². The van der Waals surface area contributed by atoms with E-state index in [1.807, 2.05) is 13.8 Å². The average Bonchev–Trinajstić information content (AvgIpc) is 3.17. The molecule has 1 aliphatic carbocycles. The third kappa shape index (κ3) is 4.00. The number of rotatable bonds is 4. The molecule has 3 fully saturated rings. The zero-order valence-electron chi connectivity index (χ0n) is 21.8. The summed E-state index contributed by atoms with van der Waals surface area (Å²) in [4.78, 5) is 50.4. The molecule has 4 unspecified atom stereocenters. The molecule has 3 aliphatic rings. The van der Waals surface area contributed by atoms with E-state index < -0.39 is 30.0 Å². The zero-order valence-corrected chi connectivity index (χ0v) is 22.6. The highest BCUT2D eigenvalue weighted by atomic mass is 32.1. The van der Waals surface area contributed by atoms with Crippen LogP contribution in [0.5, 0.6) is 0 Å². The third-order valence-corrected chi connectivity index (χ3v) is 9.36. The average molecular weight is 576 g/mol. The second-order valence-electron chi connectivity index (χ2n) is 11.3. The number of nitrogens with zero attached hydrogens (tertiary/aromatic N) is 4. The molecule has 2 aliphatic heterocycles. The Morgan fingerprint density at radius 1 is 1.18 bits per heavy atom. The van der Waals surface area contributed by atoms with Crippen molar-refractivity contribution < 1.29 is 31.9 Å². The van der Waals surface area contributed by atoms with Gasteiger partial charge in [-0.15, -0.1) is 11.3 Å². The number of pyridine rings is 2. The van der Waals surface area contributed by atoms with Crippen LogP contribution in [0.2, 0.25) is 0 Å². The van der Waals surface area contributed by atoms with Crippen molar-refractivity contribution in [3.8, 4) is 11.3 Å². The van der Waals surface area contributed by atoms with Gasteiger partial charge in [0.2, 0.25) is 11.8 Å². The number of nitrogens with two attached hydrogens (primary N) is 1. The van der Waals surface area contributed by atoms with E-state index in [1.165, 1.54) is 29.0 Å². The minimum atomic E-state index is -4.78. The Bertz CT molecular complexity index is 1570. The minimum Gasteiger partial charge on any atom is -0.334 e. The number of carbonyl (C=O) groups excluding carboxylic acids is 3. The lowest BCUT2D eigenvalue weighted by Crippen LogP contribution is -2.35. The fourth-order valence-electron chi connectivity index (χ4n) is 5.96. The van der Waals surface area contributed by atoms with E-state index in [1.54, 1.807) is 6.07 Å². The smallest absolute Gasteiger partial charge is 0.334 e. The van der Waals surface area contributed by atoms with Crippen LogP contribution in [0.4, 0.5) is 17.6 Å². The summed E-state index contributed by atoms with van der Waals surface area (Å²) in [6.45, 7) is 4.82. The van der Waals surface area contributed by atoms with Crippen molar-refractivity contribution in [3.63, 3.8) is 0 Å². The molecule has 0 aromatic carbocycles. The lowest BCUT2D eigenvalue weighted by atomic mass is 9.99. The van der Waals surface area contributed by atoms with E-state index in [4.69, 9.17) is 5.73 Å². The first-order valence-corrected chi connectivity index (χ1v) is 13.5. The molecule has 0 bridgehead atoms. The van der Waals surface area contributed by atoms with Crippen LogP contribution in [0, 0.1) is 24.2 Å². The number of carbonyl (C=O) groups is 3.